The summed E-state index contributed by atoms with van der Waals surface area (Å²) in [5.41, 5.74) is 2.68. The Bertz CT molecular complexity index is 1380. The number of nitro groups is 1. The topological polar surface area (TPSA) is 121 Å². The van der Waals surface area contributed by atoms with Crippen LogP contribution in [0.15, 0.2) is 83.8 Å². The Hall–Kier alpha value is -3.53. The molecule has 3 aromatic carbocycles. The van der Waals surface area contributed by atoms with E-state index in [9.17, 15) is 18.5 Å². The number of hydrogen-bond acceptors (Lipinski definition) is 5. The normalized spacial score (nSPS) is 11.4. The zero-order valence-electron chi connectivity index (χ0n) is 15.8. The molecule has 0 aliphatic carbocycles. The van der Waals surface area contributed by atoms with Crippen molar-refractivity contribution in [2.75, 3.05) is 0 Å². The Kier molecular flexibility index (Phi) is 5.32. The van der Waals surface area contributed by atoms with Crippen LogP contribution in [0.2, 0.25) is 5.02 Å². The molecule has 4 aromatic rings. The Morgan fingerprint density at radius 2 is 1.55 bits per heavy atom. The third-order valence-electron chi connectivity index (χ3n) is 4.62. The first-order valence-corrected chi connectivity index (χ1v) is 10.9. The quantitative estimate of drug-likeness (QED) is 0.353. The van der Waals surface area contributed by atoms with Crippen LogP contribution in [0.25, 0.3) is 28.2 Å². The summed E-state index contributed by atoms with van der Waals surface area (Å²) in [7, 11) is -4.03. The van der Waals surface area contributed by atoms with Crippen molar-refractivity contribution in [2.45, 2.75) is 4.90 Å². The lowest BCUT2D eigenvalue weighted by atomic mass is 10.1. The minimum atomic E-state index is -4.03. The molecular formula is C21H15ClN4O4S. The fraction of sp³-hybridized carbons (Fsp3) is 0. The fourth-order valence-corrected chi connectivity index (χ4v) is 4.00. The molecule has 0 atom stereocenters. The first-order chi connectivity index (χ1) is 14.7. The first-order valence-electron chi connectivity index (χ1n) is 8.97. The minimum absolute atomic E-state index is 0.0577. The summed E-state index contributed by atoms with van der Waals surface area (Å²) < 4.78 is 25.8. The highest BCUT2D eigenvalue weighted by Gasteiger charge is 2.20. The highest BCUT2D eigenvalue weighted by atomic mass is 35.5. The lowest BCUT2D eigenvalue weighted by Gasteiger charge is -2.11. The lowest BCUT2D eigenvalue weighted by Crippen LogP contribution is -2.16. The number of primary sulfonamides is 1. The van der Waals surface area contributed by atoms with Gasteiger partial charge in [-0.1, -0.05) is 35.9 Å². The standard InChI is InChI=1S/C21H15ClN4O4S/c22-16-9-5-14(6-10-16)18-13-20(15-7-11-17(12-8-15)26(27)28)25(24-18)19-3-1-2-4-21(19)31(23,29)30/h1-13H,(H2,23,29,30). The molecule has 31 heavy (non-hydrogen) atoms. The maximum Gasteiger partial charge on any atom is 0.269 e. The third kappa shape index (κ3) is 4.19. The lowest BCUT2D eigenvalue weighted by molar-refractivity contribution is -0.384. The minimum Gasteiger partial charge on any atom is -0.258 e. The maximum atomic E-state index is 12.2. The number of nitro benzene ring substituents is 1. The molecule has 8 nitrogen and oxygen atoms in total. The van der Waals surface area contributed by atoms with Crippen molar-refractivity contribution in [2.24, 2.45) is 5.14 Å². The molecule has 0 radical (unpaired) electrons. The van der Waals surface area contributed by atoms with E-state index in [1.165, 1.54) is 22.9 Å². The molecule has 0 saturated carbocycles. The van der Waals surface area contributed by atoms with E-state index in [2.05, 4.69) is 5.10 Å². The number of rotatable bonds is 5. The van der Waals surface area contributed by atoms with E-state index in [1.807, 2.05) is 0 Å². The van der Waals surface area contributed by atoms with E-state index in [4.69, 9.17) is 16.7 Å². The molecule has 0 bridgehead atoms. The van der Waals surface area contributed by atoms with Gasteiger partial charge in [0.15, 0.2) is 0 Å². The summed E-state index contributed by atoms with van der Waals surface area (Å²) in [4.78, 5) is 10.4. The van der Waals surface area contributed by atoms with Gasteiger partial charge in [0.1, 0.15) is 4.90 Å². The van der Waals surface area contributed by atoms with E-state index in [1.54, 1.807) is 60.7 Å². The number of nitrogens with two attached hydrogens (primary N) is 1. The molecule has 0 spiro atoms. The Balaban J connectivity index is 1.96. The molecule has 156 valence electrons. The summed E-state index contributed by atoms with van der Waals surface area (Å²) in [6.07, 6.45) is 0. The van der Waals surface area contributed by atoms with Crippen molar-refractivity contribution in [1.82, 2.24) is 9.78 Å². The summed E-state index contributed by atoms with van der Waals surface area (Å²) in [6.45, 7) is 0. The summed E-state index contributed by atoms with van der Waals surface area (Å²) in [6, 6.07) is 20.9. The van der Waals surface area contributed by atoms with Crippen LogP contribution in [0.3, 0.4) is 0 Å². The zero-order valence-corrected chi connectivity index (χ0v) is 17.4. The molecule has 0 aliphatic rings. The van der Waals surface area contributed by atoms with Gasteiger partial charge in [0.05, 0.1) is 22.0 Å². The van der Waals surface area contributed by atoms with Crippen LogP contribution in [0.4, 0.5) is 5.69 Å². The van der Waals surface area contributed by atoms with Crippen molar-refractivity contribution in [3.63, 3.8) is 0 Å². The van der Waals surface area contributed by atoms with Gasteiger partial charge in [-0.05, 0) is 42.5 Å². The Morgan fingerprint density at radius 3 is 2.16 bits per heavy atom. The highest BCUT2D eigenvalue weighted by molar-refractivity contribution is 7.89. The average molecular weight is 455 g/mol. The van der Waals surface area contributed by atoms with E-state index in [0.717, 1.165) is 5.56 Å². The van der Waals surface area contributed by atoms with Crippen LogP contribution in [0, 0.1) is 10.1 Å². The van der Waals surface area contributed by atoms with E-state index < -0.39 is 14.9 Å². The number of nitrogens with zero attached hydrogens (tertiary/aromatic N) is 3. The van der Waals surface area contributed by atoms with E-state index in [0.29, 0.717) is 22.0 Å². The van der Waals surface area contributed by atoms with Gasteiger partial charge in [0.25, 0.3) is 5.69 Å². The monoisotopic (exact) mass is 454 g/mol. The number of benzene rings is 3. The second-order valence-corrected chi connectivity index (χ2v) is 8.62. The number of non-ortho nitro benzene ring substituents is 1. The average Bonchev–Trinajstić information content (AvgIpc) is 3.19. The van der Waals surface area contributed by atoms with Crippen molar-refractivity contribution in [3.8, 4) is 28.2 Å². The van der Waals surface area contributed by atoms with Gasteiger partial charge in [-0.2, -0.15) is 5.10 Å². The van der Waals surface area contributed by atoms with Crippen molar-refractivity contribution in [1.29, 1.82) is 0 Å². The van der Waals surface area contributed by atoms with Crippen LogP contribution in [-0.2, 0) is 10.0 Å². The number of halogens is 1. The summed E-state index contributed by atoms with van der Waals surface area (Å²) in [5, 5.41) is 21.6. The molecule has 1 aromatic heterocycles. The van der Waals surface area contributed by atoms with E-state index >= 15 is 0 Å². The van der Waals surface area contributed by atoms with Crippen molar-refractivity contribution < 1.29 is 13.3 Å². The predicted molar refractivity (Wildman–Crippen MR) is 117 cm³/mol. The molecule has 0 amide bonds. The van der Waals surface area contributed by atoms with Crippen LogP contribution in [0.5, 0.6) is 0 Å². The largest absolute Gasteiger partial charge is 0.269 e. The molecule has 0 unspecified atom stereocenters. The second kappa shape index (κ2) is 7.95. The number of sulfonamides is 1. The van der Waals surface area contributed by atoms with Gasteiger partial charge >= 0.3 is 0 Å². The van der Waals surface area contributed by atoms with Gasteiger partial charge in [-0.25, -0.2) is 18.2 Å². The van der Waals surface area contributed by atoms with Crippen LogP contribution >= 0.6 is 11.6 Å². The maximum absolute atomic E-state index is 12.2. The van der Waals surface area contributed by atoms with Crippen molar-refractivity contribution >= 4 is 27.3 Å². The van der Waals surface area contributed by atoms with Crippen LogP contribution < -0.4 is 5.14 Å². The third-order valence-corrected chi connectivity index (χ3v) is 5.83. The van der Waals surface area contributed by atoms with Crippen LogP contribution in [-0.4, -0.2) is 23.1 Å². The fourth-order valence-electron chi connectivity index (χ4n) is 3.16. The molecule has 4 rings (SSSR count). The molecule has 0 fully saturated rings. The summed E-state index contributed by atoms with van der Waals surface area (Å²) >= 11 is 5.98. The van der Waals surface area contributed by atoms with Gasteiger partial charge < -0.3 is 0 Å². The Labute approximate surface area is 182 Å². The molecule has 2 N–H and O–H groups in total. The first kappa shape index (κ1) is 20.7. The number of para-hydroxylation sites is 1. The van der Waals surface area contributed by atoms with Gasteiger partial charge in [0, 0.05) is 28.3 Å². The van der Waals surface area contributed by atoms with Crippen LogP contribution in [0.1, 0.15) is 0 Å². The van der Waals surface area contributed by atoms with Crippen molar-refractivity contribution in [3.05, 3.63) is 94.0 Å². The zero-order chi connectivity index (χ0) is 22.2. The summed E-state index contributed by atoms with van der Waals surface area (Å²) in [5.74, 6) is 0. The molecular weight excluding hydrogens is 440 g/mol. The van der Waals surface area contributed by atoms with Gasteiger partial charge in [0.2, 0.25) is 10.0 Å². The molecule has 0 aliphatic heterocycles. The predicted octanol–water partition coefficient (Wildman–Crippen LogP) is 4.42. The van der Waals surface area contributed by atoms with E-state index in [-0.39, 0.29) is 16.3 Å². The highest BCUT2D eigenvalue weighted by Crippen LogP contribution is 2.32. The molecule has 10 heteroatoms. The molecule has 0 saturated heterocycles. The van der Waals surface area contributed by atoms with Gasteiger partial charge in [-0.3, -0.25) is 10.1 Å². The Morgan fingerprint density at radius 1 is 0.935 bits per heavy atom. The number of aromatic nitrogens is 2. The second-order valence-electron chi connectivity index (χ2n) is 6.65. The molecule has 1 heterocycles. The number of hydrogen-bond donors (Lipinski definition) is 1. The smallest absolute Gasteiger partial charge is 0.258 e. The van der Waals surface area contributed by atoms with Gasteiger partial charge in [-0.15, -0.1) is 0 Å². The SMILES string of the molecule is NS(=O)(=O)c1ccccc1-n1nc(-c2ccc(Cl)cc2)cc1-c1ccc([N+](=O)[O-])cc1.